The van der Waals surface area contributed by atoms with Gasteiger partial charge in [-0.3, -0.25) is 0 Å². The van der Waals surface area contributed by atoms with Gasteiger partial charge in [0, 0.05) is 13.6 Å². The predicted molar refractivity (Wildman–Crippen MR) is 53.1 cm³/mol. The molecule has 0 aliphatic heterocycles. The molecule has 0 fully saturated rings. The molecule has 0 N–H and O–H groups in total. The van der Waals surface area contributed by atoms with Gasteiger partial charge in [-0.05, 0) is 30.5 Å². The molecule has 0 saturated carbocycles. The molecule has 1 aromatic carbocycles. The monoisotopic (exact) mass is 192 g/mol. The van der Waals surface area contributed by atoms with Crippen molar-refractivity contribution in [3.63, 3.8) is 0 Å². The Bertz CT molecular complexity index is 355. The molecule has 74 valence electrons. The van der Waals surface area contributed by atoms with E-state index in [0.29, 0.717) is 12.1 Å². The largest absolute Gasteiger partial charge is 0.313 e. The number of nitrogens with zero attached hydrogens (tertiary/aromatic N) is 2. The maximum atomic E-state index is 12.9. The Labute approximate surface area is 83.6 Å². The fourth-order valence-electron chi connectivity index (χ4n) is 1.21. The molecule has 0 atom stereocenters. The molecule has 0 saturated heterocycles. The number of nitriles is 1. The Morgan fingerprint density at radius 2 is 2.21 bits per heavy atom. The SMILES string of the molecule is Cc1cc(CCN(C)C#N)ccc1F. The van der Waals surface area contributed by atoms with Crippen molar-refractivity contribution < 1.29 is 4.39 Å². The zero-order chi connectivity index (χ0) is 10.6. The Morgan fingerprint density at radius 1 is 1.50 bits per heavy atom. The van der Waals surface area contributed by atoms with E-state index in [1.54, 1.807) is 24.9 Å². The van der Waals surface area contributed by atoms with E-state index >= 15 is 0 Å². The average Bonchev–Trinajstić information content (AvgIpc) is 2.19. The smallest absolute Gasteiger partial charge is 0.179 e. The highest BCUT2D eigenvalue weighted by Gasteiger charge is 2.00. The fourth-order valence-corrected chi connectivity index (χ4v) is 1.21. The van der Waals surface area contributed by atoms with Gasteiger partial charge in [0.05, 0.1) is 0 Å². The standard InChI is InChI=1S/C11H13FN2/c1-9-7-10(3-4-11(9)12)5-6-14(2)8-13/h3-4,7H,5-6H2,1-2H3. The van der Waals surface area contributed by atoms with E-state index in [-0.39, 0.29) is 5.82 Å². The van der Waals surface area contributed by atoms with Crippen LogP contribution < -0.4 is 0 Å². The first-order valence-corrected chi connectivity index (χ1v) is 4.49. The van der Waals surface area contributed by atoms with Crippen LogP contribution in [0.15, 0.2) is 18.2 Å². The normalized spacial score (nSPS) is 9.57. The first kappa shape index (κ1) is 10.5. The van der Waals surface area contributed by atoms with Crippen molar-refractivity contribution >= 4 is 0 Å². The topological polar surface area (TPSA) is 27.0 Å². The second kappa shape index (κ2) is 4.61. The molecule has 0 unspecified atom stereocenters. The van der Waals surface area contributed by atoms with Crippen molar-refractivity contribution in [2.75, 3.05) is 13.6 Å². The van der Waals surface area contributed by atoms with Gasteiger partial charge in [-0.25, -0.2) is 4.39 Å². The minimum atomic E-state index is -0.178. The highest BCUT2D eigenvalue weighted by atomic mass is 19.1. The van der Waals surface area contributed by atoms with E-state index in [9.17, 15) is 4.39 Å². The van der Waals surface area contributed by atoms with Crippen LogP contribution in [-0.4, -0.2) is 18.5 Å². The zero-order valence-electron chi connectivity index (χ0n) is 8.42. The molecule has 0 aromatic heterocycles. The fraction of sp³-hybridized carbons (Fsp3) is 0.364. The first-order valence-electron chi connectivity index (χ1n) is 4.49. The second-order valence-corrected chi connectivity index (χ2v) is 3.36. The van der Waals surface area contributed by atoms with Crippen LogP contribution in [0, 0.1) is 24.2 Å². The van der Waals surface area contributed by atoms with Gasteiger partial charge in [-0.1, -0.05) is 12.1 Å². The molecule has 1 aromatic rings. The molecule has 2 nitrogen and oxygen atoms in total. The number of hydrogen-bond acceptors (Lipinski definition) is 2. The summed E-state index contributed by atoms with van der Waals surface area (Å²) in [5, 5.41) is 8.53. The third kappa shape index (κ3) is 2.74. The number of hydrogen-bond donors (Lipinski definition) is 0. The Morgan fingerprint density at radius 3 is 2.79 bits per heavy atom. The molecule has 0 bridgehead atoms. The van der Waals surface area contributed by atoms with E-state index in [2.05, 4.69) is 0 Å². The van der Waals surface area contributed by atoms with Gasteiger partial charge < -0.3 is 4.90 Å². The molecule has 0 radical (unpaired) electrons. The summed E-state index contributed by atoms with van der Waals surface area (Å²) >= 11 is 0. The predicted octanol–water partition coefficient (Wildman–Crippen LogP) is 2.09. The van der Waals surface area contributed by atoms with Gasteiger partial charge in [0.1, 0.15) is 5.82 Å². The molecule has 0 amide bonds. The minimum Gasteiger partial charge on any atom is -0.313 e. The Balaban J connectivity index is 2.61. The Kier molecular flexibility index (Phi) is 3.47. The average molecular weight is 192 g/mol. The molecule has 0 heterocycles. The summed E-state index contributed by atoms with van der Waals surface area (Å²) in [7, 11) is 1.73. The number of halogens is 1. The molecule has 0 aliphatic carbocycles. The molecular weight excluding hydrogens is 179 g/mol. The van der Waals surface area contributed by atoms with Crippen molar-refractivity contribution in [2.24, 2.45) is 0 Å². The van der Waals surface area contributed by atoms with Crippen LogP contribution in [-0.2, 0) is 6.42 Å². The lowest BCUT2D eigenvalue weighted by Gasteiger charge is -2.08. The summed E-state index contributed by atoms with van der Waals surface area (Å²) in [4.78, 5) is 1.55. The van der Waals surface area contributed by atoms with Gasteiger partial charge >= 0.3 is 0 Å². The summed E-state index contributed by atoms with van der Waals surface area (Å²) in [6.07, 6.45) is 2.79. The first-order chi connectivity index (χ1) is 6.63. The van der Waals surface area contributed by atoms with Crippen molar-refractivity contribution in [1.82, 2.24) is 4.90 Å². The number of aryl methyl sites for hydroxylation is 1. The van der Waals surface area contributed by atoms with Gasteiger partial charge in [-0.2, -0.15) is 5.26 Å². The molecular formula is C11H13FN2. The van der Waals surface area contributed by atoms with E-state index in [1.165, 1.54) is 6.07 Å². The van der Waals surface area contributed by atoms with Crippen molar-refractivity contribution in [3.8, 4) is 6.19 Å². The lowest BCUT2D eigenvalue weighted by molar-refractivity contribution is 0.478. The van der Waals surface area contributed by atoms with Crippen LogP contribution in [0.3, 0.4) is 0 Å². The summed E-state index contributed by atoms with van der Waals surface area (Å²) in [6, 6.07) is 5.05. The maximum Gasteiger partial charge on any atom is 0.179 e. The van der Waals surface area contributed by atoms with E-state index in [4.69, 9.17) is 5.26 Å². The van der Waals surface area contributed by atoms with Crippen LogP contribution in [0.2, 0.25) is 0 Å². The number of rotatable bonds is 3. The number of likely N-dealkylation sites (N-methyl/N-ethyl adjacent to an activating group) is 1. The zero-order valence-corrected chi connectivity index (χ0v) is 8.42. The third-order valence-electron chi connectivity index (χ3n) is 2.13. The summed E-state index contributed by atoms with van der Waals surface area (Å²) in [5.41, 5.74) is 1.72. The van der Waals surface area contributed by atoms with Crippen molar-refractivity contribution in [1.29, 1.82) is 5.26 Å². The van der Waals surface area contributed by atoms with E-state index in [0.717, 1.165) is 12.0 Å². The summed E-state index contributed by atoms with van der Waals surface area (Å²) in [6.45, 7) is 2.41. The van der Waals surface area contributed by atoms with Gasteiger partial charge in [-0.15, -0.1) is 0 Å². The van der Waals surface area contributed by atoms with Gasteiger partial charge in [0.15, 0.2) is 6.19 Å². The maximum absolute atomic E-state index is 12.9. The summed E-state index contributed by atoms with van der Waals surface area (Å²) in [5.74, 6) is -0.178. The van der Waals surface area contributed by atoms with Gasteiger partial charge in [0.2, 0.25) is 0 Å². The van der Waals surface area contributed by atoms with E-state index < -0.39 is 0 Å². The van der Waals surface area contributed by atoms with Crippen LogP contribution >= 0.6 is 0 Å². The minimum absolute atomic E-state index is 0.178. The van der Waals surface area contributed by atoms with Gasteiger partial charge in [0.25, 0.3) is 0 Å². The highest BCUT2D eigenvalue weighted by Crippen LogP contribution is 2.09. The molecule has 0 aliphatic rings. The summed E-state index contributed by atoms with van der Waals surface area (Å²) < 4.78 is 12.9. The quantitative estimate of drug-likeness (QED) is 0.541. The van der Waals surface area contributed by atoms with Crippen LogP contribution in [0.25, 0.3) is 0 Å². The molecule has 0 spiro atoms. The van der Waals surface area contributed by atoms with E-state index in [1.807, 2.05) is 12.3 Å². The molecule has 1 rings (SSSR count). The van der Waals surface area contributed by atoms with Crippen LogP contribution in [0.5, 0.6) is 0 Å². The lowest BCUT2D eigenvalue weighted by atomic mass is 10.1. The third-order valence-corrected chi connectivity index (χ3v) is 2.13. The second-order valence-electron chi connectivity index (χ2n) is 3.36. The van der Waals surface area contributed by atoms with Crippen molar-refractivity contribution in [3.05, 3.63) is 35.1 Å². The number of benzene rings is 1. The van der Waals surface area contributed by atoms with Crippen LogP contribution in [0.1, 0.15) is 11.1 Å². The molecule has 14 heavy (non-hydrogen) atoms. The Hall–Kier alpha value is -1.56. The lowest BCUT2D eigenvalue weighted by Crippen LogP contribution is -2.14. The van der Waals surface area contributed by atoms with Crippen LogP contribution in [0.4, 0.5) is 4.39 Å². The highest BCUT2D eigenvalue weighted by molar-refractivity contribution is 5.24. The van der Waals surface area contributed by atoms with Crippen molar-refractivity contribution in [2.45, 2.75) is 13.3 Å². The molecule has 3 heteroatoms.